The van der Waals surface area contributed by atoms with Crippen LogP contribution in [0.15, 0.2) is 18.2 Å². The minimum Gasteiger partial charge on any atom is -0.494 e. The van der Waals surface area contributed by atoms with Crippen LogP contribution in [0.25, 0.3) is 0 Å². The molecule has 3 rings (SSSR count). The van der Waals surface area contributed by atoms with Gasteiger partial charge in [0.2, 0.25) is 17.7 Å². The van der Waals surface area contributed by atoms with Gasteiger partial charge in [-0.3, -0.25) is 29.4 Å². The Labute approximate surface area is 155 Å². The number of hydrogen-bond acceptors (Lipinski definition) is 6. The van der Waals surface area contributed by atoms with Gasteiger partial charge in [0.1, 0.15) is 5.75 Å². The van der Waals surface area contributed by atoms with Gasteiger partial charge in [-0.25, -0.2) is 0 Å². The van der Waals surface area contributed by atoms with Crippen molar-refractivity contribution in [2.45, 2.75) is 32.1 Å². The SMILES string of the molecule is COc1cc([N+](=O)[O-])ccc1NC(=O)CCN1C(=O)[C@H]2CCCC[C@H]2C1=O. The van der Waals surface area contributed by atoms with Gasteiger partial charge in [0, 0.05) is 19.0 Å². The predicted octanol–water partition coefficient (Wildman–Crippen LogP) is 2.11. The molecule has 0 radical (unpaired) electrons. The van der Waals surface area contributed by atoms with Crippen LogP contribution < -0.4 is 10.1 Å². The molecule has 1 N–H and O–H groups in total. The molecule has 1 aromatic carbocycles. The maximum absolute atomic E-state index is 12.4. The van der Waals surface area contributed by atoms with Gasteiger partial charge < -0.3 is 10.1 Å². The Bertz CT molecular complexity index is 769. The lowest BCUT2D eigenvalue weighted by Gasteiger charge is -2.19. The number of anilines is 1. The van der Waals surface area contributed by atoms with Gasteiger partial charge >= 0.3 is 0 Å². The lowest BCUT2D eigenvalue weighted by atomic mass is 9.81. The molecule has 0 spiro atoms. The predicted molar refractivity (Wildman–Crippen MR) is 95.1 cm³/mol. The molecule has 9 nitrogen and oxygen atoms in total. The molecule has 2 aliphatic rings. The number of rotatable bonds is 6. The summed E-state index contributed by atoms with van der Waals surface area (Å²) in [7, 11) is 1.35. The Morgan fingerprint density at radius 3 is 2.44 bits per heavy atom. The number of imide groups is 1. The number of amides is 3. The van der Waals surface area contributed by atoms with E-state index in [2.05, 4.69) is 5.32 Å². The monoisotopic (exact) mass is 375 g/mol. The second-order valence-electron chi connectivity index (χ2n) is 6.77. The van der Waals surface area contributed by atoms with Crippen molar-refractivity contribution >= 4 is 29.1 Å². The molecule has 1 aliphatic carbocycles. The number of fused-ring (bicyclic) bond motifs is 1. The number of carbonyl (C=O) groups excluding carboxylic acids is 3. The van der Waals surface area contributed by atoms with Crippen molar-refractivity contribution in [3.8, 4) is 5.75 Å². The van der Waals surface area contributed by atoms with Crippen LogP contribution >= 0.6 is 0 Å². The minimum absolute atomic E-state index is 0.0335. The zero-order chi connectivity index (χ0) is 19.6. The Hall–Kier alpha value is -2.97. The van der Waals surface area contributed by atoms with Crippen LogP contribution in [0.2, 0.25) is 0 Å². The third kappa shape index (κ3) is 3.76. The first-order valence-corrected chi connectivity index (χ1v) is 8.90. The van der Waals surface area contributed by atoms with Gasteiger partial charge in [0.15, 0.2) is 0 Å². The molecule has 0 bridgehead atoms. The van der Waals surface area contributed by atoms with Gasteiger partial charge in [-0.1, -0.05) is 12.8 Å². The van der Waals surface area contributed by atoms with Crippen LogP contribution in [0.4, 0.5) is 11.4 Å². The molecular formula is C18H21N3O6. The fourth-order valence-electron chi connectivity index (χ4n) is 3.77. The summed E-state index contributed by atoms with van der Waals surface area (Å²) >= 11 is 0. The van der Waals surface area contributed by atoms with Crippen molar-refractivity contribution in [3.63, 3.8) is 0 Å². The van der Waals surface area contributed by atoms with E-state index in [9.17, 15) is 24.5 Å². The lowest BCUT2D eigenvalue weighted by Crippen LogP contribution is -2.34. The molecule has 9 heteroatoms. The van der Waals surface area contributed by atoms with Crippen LogP contribution in [-0.2, 0) is 14.4 Å². The van der Waals surface area contributed by atoms with Crippen molar-refractivity contribution in [3.05, 3.63) is 28.3 Å². The van der Waals surface area contributed by atoms with Crippen LogP contribution in [0, 0.1) is 22.0 Å². The normalized spacial score (nSPS) is 21.7. The number of nitrogens with zero attached hydrogens (tertiary/aromatic N) is 2. The summed E-state index contributed by atoms with van der Waals surface area (Å²) < 4.78 is 5.08. The first kappa shape index (κ1) is 18.8. The van der Waals surface area contributed by atoms with E-state index in [0.717, 1.165) is 25.7 Å². The number of carbonyl (C=O) groups is 3. The Morgan fingerprint density at radius 1 is 1.26 bits per heavy atom. The number of benzene rings is 1. The Morgan fingerprint density at radius 2 is 1.89 bits per heavy atom. The molecule has 1 heterocycles. The standard InChI is InChI=1S/C18H21N3O6/c1-27-15-10-11(21(25)26)6-7-14(15)19-16(22)8-9-20-17(23)12-4-2-3-5-13(12)18(20)24/h6-7,10,12-13H,2-5,8-9H2,1H3,(H,19,22)/t12-,13+. The Kier molecular flexibility index (Phi) is 5.38. The summed E-state index contributed by atoms with van der Waals surface area (Å²) in [5.74, 6) is -1.06. The number of hydrogen-bond donors (Lipinski definition) is 1. The van der Waals surface area contributed by atoms with Crippen molar-refractivity contribution in [1.82, 2.24) is 4.90 Å². The number of nitro benzene ring substituents is 1. The second kappa shape index (κ2) is 7.73. The highest BCUT2D eigenvalue weighted by Gasteiger charge is 2.47. The highest BCUT2D eigenvalue weighted by atomic mass is 16.6. The van der Waals surface area contributed by atoms with E-state index in [1.54, 1.807) is 0 Å². The molecule has 3 amide bonds. The van der Waals surface area contributed by atoms with E-state index >= 15 is 0 Å². The molecule has 1 saturated heterocycles. The average Bonchev–Trinajstić information content (AvgIpc) is 2.91. The van der Waals surface area contributed by atoms with Crippen LogP contribution in [0.1, 0.15) is 32.1 Å². The van der Waals surface area contributed by atoms with E-state index in [1.165, 1.54) is 30.2 Å². The van der Waals surface area contributed by atoms with E-state index in [4.69, 9.17) is 4.74 Å². The number of likely N-dealkylation sites (tertiary alicyclic amines) is 1. The van der Waals surface area contributed by atoms with E-state index in [1.807, 2.05) is 0 Å². The summed E-state index contributed by atoms with van der Waals surface area (Å²) in [6.07, 6.45) is 3.33. The first-order valence-electron chi connectivity index (χ1n) is 8.90. The van der Waals surface area contributed by atoms with Crippen molar-refractivity contribution < 1.29 is 24.0 Å². The van der Waals surface area contributed by atoms with Gasteiger partial charge in [0.05, 0.1) is 35.6 Å². The summed E-state index contributed by atoms with van der Waals surface area (Å²) in [4.78, 5) is 48.5. The van der Waals surface area contributed by atoms with Crippen molar-refractivity contribution in [1.29, 1.82) is 0 Å². The fourth-order valence-corrected chi connectivity index (χ4v) is 3.77. The molecule has 1 aliphatic heterocycles. The Balaban J connectivity index is 1.61. The van der Waals surface area contributed by atoms with Crippen molar-refractivity contribution in [2.75, 3.05) is 19.0 Å². The molecule has 144 valence electrons. The lowest BCUT2D eigenvalue weighted by molar-refractivity contribution is -0.384. The highest BCUT2D eigenvalue weighted by molar-refractivity contribution is 6.05. The zero-order valence-electron chi connectivity index (χ0n) is 15.0. The zero-order valence-corrected chi connectivity index (χ0v) is 15.0. The van der Waals surface area contributed by atoms with Crippen LogP contribution in [0.3, 0.4) is 0 Å². The maximum atomic E-state index is 12.4. The third-order valence-corrected chi connectivity index (χ3v) is 5.16. The summed E-state index contributed by atoms with van der Waals surface area (Å²) in [6, 6.07) is 3.86. The first-order chi connectivity index (χ1) is 12.9. The quantitative estimate of drug-likeness (QED) is 0.462. The molecule has 1 aromatic rings. The van der Waals surface area contributed by atoms with Crippen molar-refractivity contribution in [2.24, 2.45) is 11.8 Å². The topological polar surface area (TPSA) is 119 Å². The number of non-ortho nitro benzene ring substituents is 1. The number of nitro groups is 1. The molecule has 1 saturated carbocycles. The summed E-state index contributed by atoms with van der Waals surface area (Å²) in [5, 5.41) is 13.4. The van der Waals surface area contributed by atoms with Gasteiger partial charge in [0.25, 0.3) is 5.69 Å². The third-order valence-electron chi connectivity index (χ3n) is 5.16. The molecule has 27 heavy (non-hydrogen) atoms. The smallest absolute Gasteiger partial charge is 0.273 e. The van der Waals surface area contributed by atoms with Crippen LogP contribution in [-0.4, -0.2) is 41.2 Å². The highest BCUT2D eigenvalue weighted by Crippen LogP contribution is 2.38. The van der Waals surface area contributed by atoms with E-state index in [-0.39, 0.29) is 48.1 Å². The number of methoxy groups -OCH3 is 1. The molecule has 0 unspecified atom stereocenters. The maximum Gasteiger partial charge on any atom is 0.273 e. The fraction of sp³-hybridized carbons (Fsp3) is 0.500. The van der Waals surface area contributed by atoms with Crippen LogP contribution in [0.5, 0.6) is 5.75 Å². The average molecular weight is 375 g/mol. The number of ether oxygens (including phenoxy) is 1. The molecule has 2 atom stereocenters. The van der Waals surface area contributed by atoms with E-state index < -0.39 is 10.8 Å². The summed E-state index contributed by atoms with van der Waals surface area (Å²) in [6.45, 7) is 0.0335. The summed E-state index contributed by atoms with van der Waals surface area (Å²) in [5.41, 5.74) is 0.140. The largest absolute Gasteiger partial charge is 0.494 e. The molecular weight excluding hydrogens is 354 g/mol. The van der Waals surface area contributed by atoms with Gasteiger partial charge in [-0.15, -0.1) is 0 Å². The minimum atomic E-state index is -0.557. The number of nitrogens with one attached hydrogen (secondary N) is 1. The van der Waals surface area contributed by atoms with Gasteiger partial charge in [-0.05, 0) is 18.9 Å². The molecule has 0 aromatic heterocycles. The van der Waals surface area contributed by atoms with E-state index in [0.29, 0.717) is 5.69 Å². The second-order valence-corrected chi connectivity index (χ2v) is 6.77. The van der Waals surface area contributed by atoms with Gasteiger partial charge in [-0.2, -0.15) is 0 Å². The molecule has 2 fully saturated rings.